The van der Waals surface area contributed by atoms with Crippen molar-refractivity contribution in [2.75, 3.05) is 14.1 Å². The van der Waals surface area contributed by atoms with Gasteiger partial charge in [-0.15, -0.1) is 0 Å². The molecule has 2 heteroatoms. The zero-order valence-electron chi connectivity index (χ0n) is 10.2. The molecule has 1 aromatic rings. The van der Waals surface area contributed by atoms with Crippen molar-refractivity contribution in [2.45, 2.75) is 26.3 Å². The normalized spacial score (nSPS) is 11.9. The Bertz CT molecular complexity index is 349. The molecule has 0 aromatic heterocycles. The van der Waals surface area contributed by atoms with Crippen LogP contribution in [0.1, 0.15) is 36.7 Å². The van der Waals surface area contributed by atoms with E-state index in [4.69, 9.17) is 0 Å². The van der Waals surface area contributed by atoms with Crippen molar-refractivity contribution in [1.82, 2.24) is 4.90 Å². The summed E-state index contributed by atoms with van der Waals surface area (Å²) < 4.78 is 0. The van der Waals surface area contributed by atoms with Gasteiger partial charge < -0.3 is 4.90 Å². The third-order valence-corrected chi connectivity index (χ3v) is 3.12. The van der Waals surface area contributed by atoms with E-state index in [1.165, 1.54) is 5.56 Å². The second-order valence-electron chi connectivity index (χ2n) is 4.59. The highest BCUT2D eigenvalue weighted by Gasteiger charge is 2.22. The number of Topliss-reactive ketones (excluding diaryl/α,β-unsaturated/α-hetero) is 1. The van der Waals surface area contributed by atoms with E-state index in [1.54, 1.807) is 6.92 Å². The summed E-state index contributed by atoms with van der Waals surface area (Å²) >= 11 is 0. The fraction of sp³-hybridized carbons (Fsp3) is 0.462. The Hall–Kier alpha value is -1.15. The van der Waals surface area contributed by atoms with Crippen molar-refractivity contribution in [3.63, 3.8) is 0 Å². The summed E-state index contributed by atoms with van der Waals surface area (Å²) in [6.07, 6.45) is 0. The van der Waals surface area contributed by atoms with Crippen molar-refractivity contribution in [2.24, 2.45) is 0 Å². The summed E-state index contributed by atoms with van der Waals surface area (Å²) in [7, 11) is 4.11. The molecule has 0 spiro atoms. The fourth-order valence-electron chi connectivity index (χ4n) is 1.37. The van der Waals surface area contributed by atoms with E-state index in [1.807, 2.05) is 24.3 Å². The van der Waals surface area contributed by atoms with Gasteiger partial charge in [-0.1, -0.05) is 24.3 Å². The molecule has 0 aliphatic carbocycles. The van der Waals surface area contributed by atoms with Gasteiger partial charge in [-0.25, -0.2) is 0 Å². The minimum Gasteiger partial charge on any atom is -0.300 e. The summed E-state index contributed by atoms with van der Waals surface area (Å²) in [6.45, 7) is 5.91. The average Bonchev–Trinajstić information content (AvgIpc) is 2.17. The summed E-state index contributed by atoms with van der Waals surface area (Å²) in [4.78, 5) is 13.3. The lowest BCUT2D eigenvalue weighted by atomic mass is 9.92. The van der Waals surface area contributed by atoms with Gasteiger partial charge in [-0.2, -0.15) is 0 Å². The number of rotatable bonds is 3. The Labute approximate surface area is 91.9 Å². The first-order valence-electron chi connectivity index (χ1n) is 5.14. The lowest BCUT2D eigenvalue weighted by Gasteiger charge is -2.33. The van der Waals surface area contributed by atoms with Crippen LogP contribution in [0, 0.1) is 0 Å². The van der Waals surface area contributed by atoms with Gasteiger partial charge in [-0.3, -0.25) is 4.79 Å². The highest BCUT2D eigenvalue weighted by molar-refractivity contribution is 5.94. The number of hydrogen-bond donors (Lipinski definition) is 0. The van der Waals surface area contributed by atoms with Crippen molar-refractivity contribution < 1.29 is 4.79 Å². The first-order valence-corrected chi connectivity index (χ1v) is 5.14. The van der Waals surface area contributed by atoms with E-state index in [9.17, 15) is 4.79 Å². The molecular formula is C13H19NO. The Morgan fingerprint density at radius 1 is 1.13 bits per heavy atom. The molecule has 15 heavy (non-hydrogen) atoms. The zero-order valence-corrected chi connectivity index (χ0v) is 10.2. The van der Waals surface area contributed by atoms with E-state index in [0.29, 0.717) is 0 Å². The number of ketones is 1. The maximum atomic E-state index is 11.1. The highest BCUT2D eigenvalue weighted by atomic mass is 16.1. The summed E-state index contributed by atoms with van der Waals surface area (Å²) in [5.74, 6) is 0.115. The van der Waals surface area contributed by atoms with Crippen LogP contribution in [-0.4, -0.2) is 24.8 Å². The average molecular weight is 205 g/mol. The second kappa shape index (κ2) is 4.15. The maximum absolute atomic E-state index is 11.1. The standard InChI is InChI=1S/C13H19NO/c1-10(15)11-6-8-12(9-7-11)13(2,3)14(4)5/h6-9H,1-5H3. The van der Waals surface area contributed by atoms with Crippen LogP contribution in [-0.2, 0) is 5.54 Å². The molecule has 0 N–H and O–H groups in total. The van der Waals surface area contributed by atoms with Gasteiger partial charge >= 0.3 is 0 Å². The third kappa shape index (κ3) is 2.45. The van der Waals surface area contributed by atoms with E-state index >= 15 is 0 Å². The Kier molecular flexibility index (Phi) is 3.30. The van der Waals surface area contributed by atoms with Crippen LogP contribution in [0.2, 0.25) is 0 Å². The number of benzene rings is 1. The SMILES string of the molecule is CC(=O)c1ccc(C(C)(C)N(C)C)cc1. The molecule has 0 aliphatic rings. The summed E-state index contributed by atoms with van der Waals surface area (Å²) in [5, 5.41) is 0. The van der Waals surface area contributed by atoms with E-state index in [0.717, 1.165) is 5.56 Å². The minimum atomic E-state index is -0.00464. The highest BCUT2D eigenvalue weighted by Crippen LogP contribution is 2.25. The number of hydrogen-bond acceptors (Lipinski definition) is 2. The number of nitrogens with zero attached hydrogens (tertiary/aromatic N) is 1. The molecular weight excluding hydrogens is 186 g/mol. The van der Waals surface area contributed by atoms with Crippen LogP contribution in [0.3, 0.4) is 0 Å². The zero-order chi connectivity index (χ0) is 11.6. The number of carbonyl (C=O) groups excluding carboxylic acids is 1. The van der Waals surface area contributed by atoms with Crippen molar-refractivity contribution in [3.8, 4) is 0 Å². The fourth-order valence-corrected chi connectivity index (χ4v) is 1.37. The van der Waals surface area contributed by atoms with Gasteiger partial charge in [-0.05, 0) is 40.4 Å². The molecule has 1 aromatic carbocycles. The number of carbonyl (C=O) groups is 1. The van der Waals surface area contributed by atoms with Crippen molar-refractivity contribution >= 4 is 5.78 Å². The van der Waals surface area contributed by atoms with Crippen LogP contribution in [0.4, 0.5) is 0 Å². The van der Waals surface area contributed by atoms with Gasteiger partial charge in [0.05, 0.1) is 0 Å². The molecule has 0 saturated carbocycles. The molecule has 0 saturated heterocycles. The molecule has 0 aliphatic heterocycles. The molecule has 0 heterocycles. The maximum Gasteiger partial charge on any atom is 0.159 e. The predicted molar refractivity (Wildman–Crippen MR) is 63.2 cm³/mol. The van der Waals surface area contributed by atoms with Crippen molar-refractivity contribution in [3.05, 3.63) is 35.4 Å². The van der Waals surface area contributed by atoms with Gasteiger partial charge in [0.25, 0.3) is 0 Å². The molecule has 1 rings (SSSR count). The van der Waals surface area contributed by atoms with Crippen LogP contribution in [0.5, 0.6) is 0 Å². The lowest BCUT2D eigenvalue weighted by molar-refractivity contribution is 0.101. The third-order valence-electron chi connectivity index (χ3n) is 3.12. The van der Waals surface area contributed by atoms with E-state index in [-0.39, 0.29) is 11.3 Å². The predicted octanol–water partition coefficient (Wildman–Crippen LogP) is 2.69. The van der Waals surface area contributed by atoms with Crippen LogP contribution in [0.15, 0.2) is 24.3 Å². The van der Waals surface area contributed by atoms with Gasteiger partial charge in [0, 0.05) is 11.1 Å². The van der Waals surface area contributed by atoms with Gasteiger partial charge in [0.15, 0.2) is 5.78 Å². The Morgan fingerprint density at radius 3 is 1.93 bits per heavy atom. The molecule has 0 bridgehead atoms. The van der Waals surface area contributed by atoms with Crippen LogP contribution < -0.4 is 0 Å². The first-order chi connectivity index (χ1) is 6.85. The first kappa shape index (κ1) is 11.9. The van der Waals surface area contributed by atoms with Gasteiger partial charge in [0.1, 0.15) is 0 Å². The molecule has 0 atom stereocenters. The molecule has 0 amide bonds. The van der Waals surface area contributed by atoms with Crippen LogP contribution in [0.25, 0.3) is 0 Å². The molecule has 2 nitrogen and oxygen atoms in total. The van der Waals surface area contributed by atoms with Crippen LogP contribution >= 0.6 is 0 Å². The molecule has 0 radical (unpaired) electrons. The Balaban J connectivity index is 3.04. The van der Waals surface area contributed by atoms with Crippen molar-refractivity contribution in [1.29, 1.82) is 0 Å². The quantitative estimate of drug-likeness (QED) is 0.707. The Morgan fingerprint density at radius 2 is 1.60 bits per heavy atom. The lowest BCUT2D eigenvalue weighted by Crippen LogP contribution is -2.35. The minimum absolute atomic E-state index is 0.00464. The molecule has 0 fully saturated rings. The summed E-state index contributed by atoms with van der Waals surface area (Å²) in [5.41, 5.74) is 1.99. The monoisotopic (exact) mass is 205 g/mol. The second-order valence-corrected chi connectivity index (χ2v) is 4.59. The van der Waals surface area contributed by atoms with Gasteiger partial charge in [0.2, 0.25) is 0 Å². The topological polar surface area (TPSA) is 20.3 Å². The van der Waals surface area contributed by atoms with E-state index < -0.39 is 0 Å². The summed E-state index contributed by atoms with van der Waals surface area (Å²) in [6, 6.07) is 7.83. The smallest absolute Gasteiger partial charge is 0.159 e. The molecule has 0 unspecified atom stereocenters. The van der Waals surface area contributed by atoms with E-state index in [2.05, 4.69) is 32.8 Å². The molecule has 82 valence electrons. The largest absolute Gasteiger partial charge is 0.300 e.